The van der Waals surface area contributed by atoms with Gasteiger partial charge in [-0.2, -0.15) is 0 Å². The van der Waals surface area contributed by atoms with Crippen LogP contribution in [0.4, 0.5) is 0 Å². The number of benzene rings is 2. The molecule has 0 aliphatic carbocycles. The molecule has 1 N–H and O–H groups in total. The minimum absolute atomic E-state index is 0.286. The number of hydrogen-bond acceptors (Lipinski definition) is 4. The van der Waals surface area contributed by atoms with Crippen LogP contribution in [-0.2, 0) is 16.1 Å². The predicted molar refractivity (Wildman–Crippen MR) is 88.5 cm³/mol. The van der Waals surface area contributed by atoms with Gasteiger partial charge in [0.25, 0.3) is 0 Å². The van der Waals surface area contributed by atoms with E-state index in [2.05, 4.69) is 5.32 Å². The molecule has 0 saturated carbocycles. The van der Waals surface area contributed by atoms with Crippen molar-refractivity contribution < 1.29 is 14.3 Å². The topological polar surface area (TPSA) is 47.6 Å². The van der Waals surface area contributed by atoms with Crippen LogP contribution in [-0.4, -0.2) is 18.8 Å². The summed E-state index contributed by atoms with van der Waals surface area (Å²) >= 11 is 5.83. The zero-order valence-electron chi connectivity index (χ0n) is 12.8. The van der Waals surface area contributed by atoms with Crippen molar-refractivity contribution in [2.45, 2.75) is 25.7 Å². The molecule has 2 aromatic rings. The van der Waals surface area contributed by atoms with E-state index in [0.717, 1.165) is 17.7 Å². The maximum atomic E-state index is 12.5. The maximum Gasteiger partial charge on any atom is 0.317 e. The number of fused-ring (bicyclic) bond motifs is 1. The zero-order valence-corrected chi connectivity index (χ0v) is 13.5. The van der Waals surface area contributed by atoms with Crippen molar-refractivity contribution in [1.29, 1.82) is 0 Å². The molecule has 2 aromatic carbocycles. The first-order valence-electron chi connectivity index (χ1n) is 7.55. The maximum absolute atomic E-state index is 12.5. The molecule has 3 rings (SSSR count). The second-order valence-electron chi connectivity index (χ2n) is 5.46. The first-order chi connectivity index (χ1) is 11.1. The standard InChI is InChI=1S/C18H18ClNO3/c1-12(22-15-8-6-14(19)7-9-15)23-18(21)17-11-20-10-13-4-2-3-5-16(13)17/h2-9,12,17,20H,10-11H2,1H3. The van der Waals surface area contributed by atoms with Gasteiger partial charge in [-0.1, -0.05) is 35.9 Å². The van der Waals surface area contributed by atoms with Crippen LogP contribution in [0.15, 0.2) is 48.5 Å². The summed E-state index contributed by atoms with van der Waals surface area (Å²) in [5, 5.41) is 3.88. The number of carbonyl (C=O) groups is 1. The van der Waals surface area contributed by atoms with E-state index in [4.69, 9.17) is 21.1 Å². The Balaban J connectivity index is 1.64. The molecule has 0 amide bonds. The number of esters is 1. The fraction of sp³-hybridized carbons (Fsp3) is 0.278. The monoisotopic (exact) mass is 331 g/mol. The summed E-state index contributed by atoms with van der Waals surface area (Å²) in [5.41, 5.74) is 2.15. The van der Waals surface area contributed by atoms with E-state index >= 15 is 0 Å². The highest BCUT2D eigenvalue weighted by molar-refractivity contribution is 6.30. The van der Waals surface area contributed by atoms with Gasteiger partial charge in [0.05, 0.1) is 5.92 Å². The minimum Gasteiger partial charge on any atom is -0.455 e. The summed E-state index contributed by atoms with van der Waals surface area (Å²) in [6.07, 6.45) is -0.669. The Morgan fingerprint density at radius 3 is 2.74 bits per heavy atom. The molecule has 0 aromatic heterocycles. The molecular weight excluding hydrogens is 314 g/mol. The fourth-order valence-corrected chi connectivity index (χ4v) is 2.81. The van der Waals surface area contributed by atoms with Gasteiger partial charge in [0.1, 0.15) is 5.75 Å². The molecule has 0 spiro atoms. The van der Waals surface area contributed by atoms with E-state index in [1.807, 2.05) is 24.3 Å². The first kappa shape index (κ1) is 15.8. The van der Waals surface area contributed by atoms with E-state index < -0.39 is 6.29 Å². The second kappa shape index (κ2) is 7.02. The van der Waals surface area contributed by atoms with Gasteiger partial charge in [0.2, 0.25) is 6.29 Å². The van der Waals surface area contributed by atoms with Crippen LogP contribution in [0.25, 0.3) is 0 Å². The minimum atomic E-state index is -0.669. The average molecular weight is 332 g/mol. The number of nitrogens with one attached hydrogen (secondary N) is 1. The van der Waals surface area contributed by atoms with Gasteiger partial charge < -0.3 is 14.8 Å². The SMILES string of the molecule is CC(OC(=O)C1CNCc2ccccc21)Oc1ccc(Cl)cc1. The average Bonchev–Trinajstić information content (AvgIpc) is 2.56. The Kier molecular flexibility index (Phi) is 4.84. The van der Waals surface area contributed by atoms with E-state index in [-0.39, 0.29) is 11.9 Å². The summed E-state index contributed by atoms with van der Waals surface area (Å²) in [6, 6.07) is 14.9. The molecule has 0 saturated heterocycles. The third-order valence-electron chi connectivity index (χ3n) is 3.78. The molecule has 0 bridgehead atoms. The molecule has 0 fully saturated rings. The second-order valence-corrected chi connectivity index (χ2v) is 5.90. The number of hydrogen-bond donors (Lipinski definition) is 1. The summed E-state index contributed by atoms with van der Waals surface area (Å²) in [6.45, 7) is 3.05. The highest BCUT2D eigenvalue weighted by Crippen LogP contribution is 2.25. The lowest BCUT2D eigenvalue weighted by Gasteiger charge is -2.26. The molecule has 0 radical (unpaired) electrons. The first-order valence-corrected chi connectivity index (χ1v) is 7.92. The van der Waals surface area contributed by atoms with Gasteiger partial charge in [-0.25, -0.2) is 0 Å². The van der Waals surface area contributed by atoms with Crippen LogP contribution in [0.3, 0.4) is 0 Å². The van der Waals surface area contributed by atoms with Crippen LogP contribution < -0.4 is 10.1 Å². The molecule has 2 atom stereocenters. The number of rotatable bonds is 4. The van der Waals surface area contributed by atoms with Crippen molar-refractivity contribution in [3.63, 3.8) is 0 Å². The lowest BCUT2D eigenvalue weighted by Crippen LogP contribution is -2.35. The van der Waals surface area contributed by atoms with Crippen LogP contribution >= 0.6 is 11.6 Å². The van der Waals surface area contributed by atoms with Gasteiger partial charge in [-0.15, -0.1) is 0 Å². The Bertz CT molecular complexity index is 687. The van der Waals surface area contributed by atoms with Gasteiger partial charge in [-0.3, -0.25) is 4.79 Å². The molecule has 5 heteroatoms. The molecule has 4 nitrogen and oxygen atoms in total. The van der Waals surface area contributed by atoms with Crippen molar-refractivity contribution in [3.05, 3.63) is 64.7 Å². The van der Waals surface area contributed by atoms with E-state index in [0.29, 0.717) is 17.3 Å². The Hall–Kier alpha value is -2.04. The van der Waals surface area contributed by atoms with Crippen LogP contribution in [0.1, 0.15) is 24.0 Å². The largest absolute Gasteiger partial charge is 0.455 e. The lowest BCUT2D eigenvalue weighted by atomic mass is 9.91. The van der Waals surface area contributed by atoms with E-state index in [1.165, 1.54) is 0 Å². The van der Waals surface area contributed by atoms with Crippen LogP contribution in [0.5, 0.6) is 5.75 Å². The third kappa shape index (κ3) is 3.84. The van der Waals surface area contributed by atoms with Crippen LogP contribution in [0, 0.1) is 0 Å². The Morgan fingerprint density at radius 2 is 1.96 bits per heavy atom. The molecule has 23 heavy (non-hydrogen) atoms. The molecule has 1 aliphatic rings. The number of halogens is 1. The molecule has 2 unspecified atom stereocenters. The highest BCUT2D eigenvalue weighted by Gasteiger charge is 2.28. The van der Waals surface area contributed by atoms with Crippen molar-refractivity contribution in [3.8, 4) is 5.75 Å². The Morgan fingerprint density at radius 1 is 1.22 bits per heavy atom. The van der Waals surface area contributed by atoms with Gasteiger partial charge in [0, 0.05) is 25.0 Å². The van der Waals surface area contributed by atoms with E-state index in [9.17, 15) is 4.79 Å². The number of carbonyl (C=O) groups excluding carboxylic acids is 1. The predicted octanol–water partition coefficient (Wildman–Crippen LogP) is 3.50. The fourth-order valence-electron chi connectivity index (χ4n) is 2.68. The van der Waals surface area contributed by atoms with Crippen molar-refractivity contribution in [2.24, 2.45) is 0 Å². The molecular formula is C18H18ClNO3. The summed E-state index contributed by atoms with van der Waals surface area (Å²) in [7, 11) is 0. The van der Waals surface area contributed by atoms with Crippen molar-refractivity contribution >= 4 is 17.6 Å². The molecule has 1 aliphatic heterocycles. The van der Waals surface area contributed by atoms with Crippen molar-refractivity contribution in [1.82, 2.24) is 5.32 Å². The van der Waals surface area contributed by atoms with Gasteiger partial charge >= 0.3 is 5.97 Å². The highest BCUT2D eigenvalue weighted by atomic mass is 35.5. The third-order valence-corrected chi connectivity index (χ3v) is 4.03. The van der Waals surface area contributed by atoms with E-state index in [1.54, 1.807) is 31.2 Å². The molecule has 120 valence electrons. The summed E-state index contributed by atoms with van der Waals surface area (Å²) in [4.78, 5) is 12.5. The lowest BCUT2D eigenvalue weighted by molar-refractivity contribution is -0.163. The quantitative estimate of drug-likeness (QED) is 0.688. The number of ether oxygens (including phenoxy) is 2. The van der Waals surface area contributed by atoms with Gasteiger partial charge in [-0.05, 0) is 35.4 Å². The summed E-state index contributed by atoms with van der Waals surface area (Å²) < 4.78 is 11.0. The van der Waals surface area contributed by atoms with Crippen molar-refractivity contribution in [2.75, 3.05) is 6.54 Å². The Labute approximate surface area is 140 Å². The summed E-state index contributed by atoms with van der Waals surface area (Å²) in [5.74, 6) is 0.0131. The molecule has 1 heterocycles. The van der Waals surface area contributed by atoms with Crippen LogP contribution in [0.2, 0.25) is 5.02 Å². The zero-order chi connectivity index (χ0) is 16.2. The van der Waals surface area contributed by atoms with Gasteiger partial charge in [0.15, 0.2) is 0 Å². The smallest absolute Gasteiger partial charge is 0.317 e. The normalized spacial score (nSPS) is 17.9.